The summed E-state index contributed by atoms with van der Waals surface area (Å²) < 4.78 is 28.5. The number of carbonyl (C=O) groups excluding carboxylic acids is 2. The summed E-state index contributed by atoms with van der Waals surface area (Å²) in [4.78, 5) is 25.5. The molecule has 1 N–H and O–H groups in total. The number of carbonyl (C=O) groups is 2. The summed E-state index contributed by atoms with van der Waals surface area (Å²) >= 11 is 0. The van der Waals surface area contributed by atoms with Crippen molar-refractivity contribution in [1.82, 2.24) is 10.2 Å². The van der Waals surface area contributed by atoms with Gasteiger partial charge >= 0.3 is 12.6 Å². The summed E-state index contributed by atoms with van der Waals surface area (Å²) in [7, 11) is 0. The second-order valence-corrected chi connectivity index (χ2v) is 5.31. The number of benzene rings is 1. The van der Waals surface area contributed by atoms with Gasteiger partial charge in [0.2, 0.25) is 0 Å². The Morgan fingerprint density at radius 2 is 1.95 bits per heavy atom. The molecule has 1 aromatic carbocycles. The van der Waals surface area contributed by atoms with Gasteiger partial charge in [0, 0.05) is 0 Å². The molecule has 1 saturated heterocycles. The summed E-state index contributed by atoms with van der Waals surface area (Å²) in [5, 5.41) is 2.62. The number of nitrogens with one attached hydrogen (secondary N) is 1. The molecule has 0 unspecified atom stereocenters. The highest BCUT2D eigenvalue weighted by atomic mass is 19.3. The van der Waals surface area contributed by atoms with E-state index in [9.17, 15) is 18.4 Å². The maximum absolute atomic E-state index is 12.5. The van der Waals surface area contributed by atoms with Gasteiger partial charge in [-0.15, -0.1) is 0 Å². The standard InChI is InChI=1S/C15H16F2N2O3/c1-9(2)8-19-12(20)15(3,18-14(19)21)10-4-6-11(7-5-10)22-13(16)17/h4-7,13H,1,8H2,2-3H3,(H,18,21)/t15-/m1/s1. The van der Waals surface area contributed by atoms with Crippen LogP contribution in [-0.4, -0.2) is 30.0 Å². The van der Waals surface area contributed by atoms with Crippen LogP contribution in [0.25, 0.3) is 0 Å². The Balaban J connectivity index is 2.25. The lowest BCUT2D eigenvalue weighted by atomic mass is 9.92. The minimum Gasteiger partial charge on any atom is -0.435 e. The first-order valence-electron chi connectivity index (χ1n) is 6.58. The molecule has 22 heavy (non-hydrogen) atoms. The van der Waals surface area contributed by atoms with Crippen LogP contribution in [0.1, 0.15) is 19.4 Å². The van der Waals surface area contributed by atoms with Gasteiger partial charge in [-0.25, -0.2) is 4.79 Å². The molecule has 0 aromatic heterocycles. The van der Waals surface area contributed by atoms with E-state index in [0.29, 0.717) is 11.1 Å². The minimum atomic E-state index is -2.92. The number of halogens is 2. The molecular formula is C15H16F2N2O3. The third-order valence-electron chi connectivity index (χ3n) is 3.36. The number of hydrogen-bond acceptors (Lipinski definition) is 3. The number of rotatable bonds is 5. The number of nitrogens with zero attached hydrogens (tertiary/aromatic N) is 1. The molecule has 1 aliphatic heterocycles. The van der Waals surface area contributed by atoms with Gasteiger partial charge in [-0.05, 0) is 31.5 Å². The van der Waals surface area contributed by atoms with Crippen LogP contribution in [0.3, 0.4) is 0 Å². The van der Waals surface area contributed by atoms with Crippen molar-refractivity contribution in [3.05, 3.63) is 42.0 Å². The van der Waals surface area contributed by atoms with Crippen LogP contribution in [-0.2, 0) is 10.3 Å². The van der Waals surface area contributed by atoms with Gasteiger partial charge in [0.1, 0.15) is 11.3 Å². The Labute approximate surface area is 126 Å². The molecule has 0 saturated carbocycles. The number of urea groups is 1. The Morgan fingerprint density at radius 3 is 2.45 bits per heavy atom. The molecule has 1 fully saturated rings. The van der Waals surface area contributed by atoms with E-state index < -0.39 is 24.1 Å². The van der Waals surface area contributed by atoms with Crippen LogP contribution in [0.5, 0.6) is 5.75 Å². The van der Waals surface area contributed by atoms with E-state index in [1.54, 1.807) is 13.8 Å². The lowest BCUT2D eigenvalue weighted by molar-refractivity contribution is -0.130. The van der Waals surface area contributed by atoms with Crippen LogP contribution in [0, 0.1) is 0 Å². The van der Waals surface area contributed by atoms with E-state index in [0.717, 1.165) is 4.90 Å². The Morgan fingerprint density at radius 1 is 1.36 bits per heavy atom. The highest BCUT2D eigenvalue weighted by molar-refractivity contribution is 6.07. The molecule has 118 valence electrons. The lowest BCUT2D eigenvalue weighted by Crippen LogP contribution is -2.41. The molecule has 1 heterocycles. The first-order chi connectivity index (χ1) is 10.2. The molecule has 1 aromatic rings. The van der Waals surface area contributed by atoms with E-state index in [2.05, 4.69) is 16.6 Å². The van der Waals surface area contributed by atoms with Crippen molar-refractivity contribution in [1.29, 1.82) is 0 Å². The van der Waals surface area contributed by atoms with E-state index in [1.807, 2.05) is 0 Å². The van der Waals surface area contributed by atoms with Gasteiger partial charge < -0.3 is 10.1 Å². The molecular weight excluding hydrogens is 294 g/mol. The Bertz CT molecular complexity index is 616. The highest BCUT2D eigenvalue weighted by Crippen LogP contribution is 2.30. The van der Waals surface area contributed by atoms with Gasteiger partial charge in [0.05, 0.1) is 6.54 Å². The predicted molar refractivity (Wildman–Crippen MR) is 75.5 cm³/mol. The molecule has 0 spiro atoms. The quantitative estimate of drug-likeness (QED) is 0.672. The second kappa shape index (κ2) is 5.75. The van der Waals surface area contributed by atoms with Gasteiger partial charge in [-0.1, -0.05) is 24.3 Å². The molecule has 7 heteroatoms. The molecule has 0 aliphatic carbocycles. The van der Waals surface area contributed by atoms with Gasteiger partial charge in [-0.3, -0.25) is 9.69 Å². The number of hydrogen-bond donors (Lipinski definition) is 1. The first-order valence-corrected chi connectivity index (χ1v) is 6.58. The maximum atomic E-state index is 12.5. The number of amides is 3. The first kappa shape index (κ1) is 15.9. The van der Waals surface area contributed by atoms with Crippen molar-refractivity contribution in [3.63, 3.8) is 0 Å². The zero-order valence-electron chi connectivity index (χ0n) is 12.2. The highest BCUT2D eigenvalue weighted by Gasteiger charge is 2.48. The van der Waals surface area contributed by atoms with Crippen molar-refractivity contribution in [2.24, 2.45) is 0 Å². The summed E-state index contributed by atoms with van der Waals surface area (Å²) in [5.41, 5.74) is -0.0827. The van der Waals surface area contributed by atoms with Crippen molar-refractivity contribution in [2.45, 2.75) is 26.0 Å². The monoisotopic (exact) mass is 310 g/mol. The zero-order chi connectivity index (χ0) is 16.5. The van der Waals surface area contributed by atoms with Crippen molar-refractivity contribution in [2.75, 3.05) is 6.54 Å². The summed E-state index contributed by atoms with van der Waals surface area (Å²) in [6, 6.07) is 5.09. The molecule has 0 radical (unpaired) electrons. The summed E-state index contributed by atoms with van der Waals surface area (Å²) in [5.74, 6) is -0.430. The molecule has 1 atom stereocenters. The number of alkyl halides is 2. The Hall–Kier alpha value is -2.44. The SMILES string of the molecule is C=C(C)CN1C(=O)N[C@](C)(c2ccc(OC(F)F)cc2)C1=O. The van der Waals surface area contributed by atoms with Gasteiger partial charge in [0.25, 0.3) is 5.91 Å². The Kier molecular flexibility index (Phi) is 4.16. The molecule has 5 nitrogen and oxygen atoms in total. The molecule has 0 bridgehead atoms. The fourth-order valence-electron chi connectivity index (χ4n) is 2.28. The smallest absolute Gasteiger partial charge is 0.387 e. The van der Waals surface area contributed by atoms with Crippen molar-refractivity contribution in [3.8, 4) is 5.75 Å². The van der Waals surface area contributed by atoms with Crippen LogP contribution >= 0.6 is 0 Å². The predicted octanol–water partition coefficient (Wildman–Crippen LogP) is 2.63. The van der Waals surface area contributed by atoms with Gasteiger partial charge in [0.15, 0.2) is 0 Å². The summed E-state index contributed by atoms with van der Waals surface area (Å²) in [6.07, 6.45) is 0. The van der Waals surface area contributed by atoms with Crippen LogP contribution in [0.15, 0.2) is 36.4 Å². The van der Waals surface area contributed by atoms with Crippen LogP contribution < -0.4 is 10.1 Å². The number of imide groups is 1. The van der Waals surface area contributed by atoms with Crippen LogP contribution in [0.4, 0.5) is 13.6 Å². The van der Waals surface area contributed by atoms with E-state index in [4.69, 9.17) is 0 Å². The third kappa shape index (κ3) is 2.93. The lowest BCUT2D eigenvalue weighted by Gasteiger charge is -2.22. The van der Waals surface area contributed by atoms with E-state index in [-0.39, 0.29) is 12.3 Å². The maximum Gasteiger partial charge on any atom is 0.387 e. The fourth-order valence-corrected chi connectivity index (χ4v) is 2.28. The molecule has 2 rings (SSSR count). The number of ether oxygens (including phenoxy) is 1. The molecule has 3 amide bonds. The van der Waals surface area contributed by atoms with Crippen molar-refractivity contribution >= 4 is 11.9 Å². The zero-order valence-corrected chi connectivity index (χ0v) is 12.2. The second-order valence-electron chi connectivity index (χ2n) is 5.31. The van der Waals surface area contributed by atoms with Crippen molar-refractivity contribution < 1.29 is 23.1 Å². The normalized spacial score (nSPS) is 21.2. The van der Waals surface area contributed by atoms with Gasteiger partial charge in [-0.2, -0.15) is 8.78 Å². The van der Waals surface area contributed by atoms with Crippen LogP contribution in [0.2, 0.25) is 0 Å². The van der Waals surface area contributed by atoms with E-state index in [1.165, 1.54) is 24.3 Å². The average Bonchev–Trinajstić information content (AvgIpc) is 2.63. The summed E-state index contributed by atoms with van der Waals surface area (Å²) in [6.45, 7) is 4.18. The fraction of sp³-hybridized carbons (Fsp3) is 0.333. The average molecular weight is 310 g/mol. The topological polar surface area (TPSA) is 58.6 Å². The molecule has 1 aliphatic rings. The third-order valence-corrected chi connectivity index (χ3v) is 3.36. The minimum absolute atomic E-state index is 0.0158. The largest absolute Gasteiger partial charge is 0.435 e. The van der Waals surface area contributed by atoms with E-state index >= 15 is 0 Å².